The van der Waals surface area contributed by atoms with Crippen LogP contribution in [0, 0.1) is 10.1 Å². The van der Waals surface area contributed by atoms with Gasteiger partial charge in [-0.05, 0) is 43.7 Å². The molecule has 2 aromatic carbocycles. The van der Waals surface area contributed by atoms with E-state index in [-0.39, 0.29) is 37.0 Å². The zero-order chi connectivity index (χ0) is 24.7. The molecule has 182 valence electrons. The Morgan fingerprint density at radius 3 is 2.32 bits per heavy atom. The number of hydrogen-bond donors (Lipinski definition) is 0. The first-order valence-electron chi connectivity index (χ1n) is 10.9. The van der Waals surface area contributed by atoms with Gasteiger partial charge in [0.1, 0.15) is 0 Å². The van der Waals surface area contributed by atoms with Gasteiger partial charge in [-0.25, -0.2) is 8.42 Å². The van der Waals surface area contributed by atoms with Crippen molar-refractivity contribution in [3.05, 3.63) is 64.2 Å². The Bertz CT molecular complexity index is 1170. The first kappa shape index (κ1) is 25.2. The molecule has 1 fully saturated rings. The van der Waals surface area contributed by atoms with E-state index in [9.17, 15) is 23.3 Å². The largest absolute Gasteiger partial charge is 0.490 e. The molecule has 0 atom stereocenters. The van der Waals surface area contributed by atoms with E-state index >= 15 is 0 Å². The molecule has 0 N–H and O–H groups in total. The molecule has 0 radical (unpaired) electrons. The quantitative estimate of drug-likeness (QED) is 0.302. The zero-order valence-corrected chi connectivity index (χ0v) is 19.9. The van der Waals surface area contributed by atoms with Crippen LogP contribution in [0.2, 0.25) is 0 Å². The smallest absolute Gasteiger partial charge is 0.289 e. The van der Waals surface area contributed by atoms with Gasteiger partial charge in [-0.2, -0.15) is 4.31 Å². The highest BCUT2D eigenvalue weighted by atomic mass is 32.2. The van der Waals surface area contributed by atoms with Gasteiger partial charge in [0.25, 0.3) is 5.69 Å². The van der Waals surface area contributed by atoms with E-state index < -0.39 is 20.6 Å². The van der Waals surface area contributed by atoms with Crippen molar-refractivity contribution < 1.29 is 27.6 Å². The fourth-order valence-corrected chi connectivity index (χ4v) is 5.14. The Morgan fingerprint density at radius 2 is 1.68 bits per heavy atom. The predicted octanol–water partition coefficient (Wildman–Crippen LogP) is 2.94. The summed E-state index contributed by atoms with van der Waals surface area (Å²) in [6.45, 7) is 5.19. The first-order chi connectivity index (χ1) is 16.3. The molecule has 2 aromatic rings. The number of rotatable bonds is 9. The van der Waals surface area contributed by atoms with Crippen molar-refractivity contribution in [3.63, 3.8) is 0 Å². The monoisotopic (exact) mass is 489 g/mol. The molecule has 1 saturated heterocycles. The molecule has 0 aromatic heterocycles. The number of ether oxygens (including phenoxy) is 2. The lowest BCUT2D eigenvalue weighted by Gasteiger charge is -2.33. The second-order valence-corrected chi connectivity index (χ2v) is 9.27. The second-order valence-electron chi connectivity index (χ2n) is 7.36. The number of nitrogens with zero attached hydrogens (tertiary/aromatic N) is 3. The lowest BCUT2D eigenvalue weighted by atomic mass is 10.2. The van der Waals surface area contributed by atoms with Crippen LogP contribution in [0.4, 0.5) is 5.69 Å². The summed E-state index contributed by atoms with van der Waals surface area (Å²) in [7, 11) is -4.05. The third-order valence-electron chi connectivity index (χ3n) is 5.22. The Hall–Kier alpha value is -3.44. The molecule has 0 unspecified atom stereocenters. The number of hydrogen-bond acceptors (Lipinski definition) is 7. The molecule has 11 heteroatoms. The molecule has 1 heterocycles. The number of sulfonamides is 1. The average Bonchev–Trinajstić information content (AvgIpc) is 2.84. The van der Waals surface area contributed by atoms with E-state index in [1.165, 1.54) is 28.6 Å². The van der Waals surface area contributed by atoms with Crippen molar-refractivity contribution in [2.75, 3.05) is 39.4 Å². The van der Waals surface area contributed by atoms with E-state index in [1.54, 1.807) is 23.1 Å². The summed E-state index contributed by atoms with van der Waals surface area (Å²) in [6, 6.07) is 10.6. The summed E-state index contributed by atoms with van der Waals surface area (Å²) in [6.07, 6.45) is 3.09. The maximum atomic E-state index is 12.9. The zero-order valence-electron chi connectivity index (χ0n) is 19.0. The molecule has 1 aliphatic heterocycles. The molecule has 10 nitrogen and oxygen atoms in total. The number of amides is 1. The van der Waals surface area contributed by atoms with E-state index in [4.69, 9.17) is 9.47 Å². The minimum absolute atomic E-state index is 0.0471. The van der Waals surface area contributed by atoms with Crippen LogP contribution in [0.5, 0.6) is 11.5 Å². The fraction of sp³-hybridized carbons (Fsp3) is 0.348. The summed E-state index contributed by atoms with van der Waals surface area (Å²) in [5, 5.41) is 11.2. The van der Waals surface area contributed by atoms with Gasteiger partial charge < -0.3 is 14.4 Å². The van der Waals surface area contributed by atoms with E-state index in [0.717, 1.165) is 11.6 Å². The SMILES string of the molecule is CCOc1ccc(/C=C/C(=O)N2CCN(S(=O)(=O)c3ccccc3[N+](=O)[O-])CC2)cc1OCC. The van der Waals surface area contributed by atoms with Crippen LogP contribution in [0.25, 0.3) is 6.08 Å². The third-order valence-corrected chi connectivity index (χ3v) is 7.16. The van der Waals surface area contributed by atoms with Gasteiger partial charge in [-0.15, -0.1) is 0 Å². The highest BCUT2D eigenvalue weighted by Gasteiger charge is 2.34. The van der Waals surface area contributed by atoms with Crippen molar-refractivity contribution in [1.29, 1.82) is 0 Å². The van der Waals surface area contributed by atoms with E-state index in [1.807, 2.05) is 19.9 Å². The van der Waals surface area contributed by atoms with Gasteiger partial charge in [-0.1, -0.05) is 18.2 Å². The van der Waals surface area contributed by atoms with Crippen molar-refractivity contribution in [2.45, 2.75) is 18.7 Å². The summed E-state index contributed by atoms with van der Waals surface area (Å²) in [5.41, 5.74) is 0.295. The van der Waals surface area contributed by atoms with Gasteiger partial charge in [0.2, 0.25) is 15.9 Å². The molecular formula is C23H27N3O7S. The maximum absolute atomic E-state index is 12.9. The Labute approximate surface area is 198 Å². The lowest BCUT2D eigenvalue weighted by molar-refractivity contribution is -0.387. The van der Waals surface area contributed by atoms with Crippen LogP contribution in [-0.4, -0.2) is 67.8 Å². The van der Waals surface area contributed by atoms with Crippen LogP contribution in [0.1, 0.15) is 19.4 Å². The Balaban J connectivity index is 1.65. The van der Waals surface area contributed by atoms with Crippen LogP contribution >= 0.6 is 0 Å². The van der Waals surface area contributed by atoms with Crippen LogP contribution in [0.3, 0.4) is 0 Å². The number of carbonyl (C=O) groups is 1. The van der Waals surface area contributed by atoms with Crippen LogP contribution in [-0.2, 0) is 14.8 Å². The summed E-state index contributed by atoms with van der Waals surface area (Å²) in [4.78, 5) is 24.4. The van der Waals surface area contributed by atoms with Gasteiger partial charge in [0, 0.05) is 38.3 Å². The predicted molar refractivity (Wildman–Crippen MR) is 126 cm³/mol. The molecule has 3 rings (SSSR count). The van der Waals surface area contributed by atoms with Gasteiger partial charge >= 0.3 is 0 Å². The Kier molecular flexibility index (Phi) is 8.24. The molecule has 34 heavy (non-hydrogen) atoms. The first-order valence-corrected chi connectivity index (χ1v) is 12.3. The number of carbonyl (C=O) groups excluding carboxylic acids is 1. The lowest BCUT2D eigenvalue weighted by Crippen LogP contribution is -2.50. The molecule has 0 bridgehead atoms. The van der Waals surface area contributed by atoms with Crippen molar-refractivity contribution in [1.82, 2.24) is 9.21 Å². The topological polar surface area (TPSA) is 119 Å². The number of para-hydroxylation sites is 1. The molecule has 0 saturated carbocycles. The van der Waals surface area contributed by atoms with Gasteiger partial charge in [0.15, 0.2) is 16.4 Å². The van der Waals surface area contributed by atoms with E-state index in [2.05, 4.69) is 0 Å². The molecule has 0 aliphatic carbocycles. The molecular weight excluding hydrogens is 462 g/mol. The highest BCUT2D eigenvalue weighted by molar-refractivity contribution is 7.89. The van der Waals surface area contributed by atoms with Crippen molar-refractivity contribution in [3.8, 4) is 11.5 Å². The number of benzene rings is 2. The van der Waals surface area contributed by atoms with Gasteiger partial charge in [-0.3, -0.25) is 14.9 Å². The third kappa shape index (κ3) is 5.72. The number of nitro benzene ring substituents is 1. The minimum atomic E-state index is -4.05. The Morgan fingerprint density at radius 1 is 1.03 bits per heavy atom. The highest BCUT2D eigenvalue weighted by Crippen LogP contribution is 2.29. The summed E-state index contributed by atoms with van der Waals surface area (Å²) < 4.78 is 38.2. The normalized spacial score (nSPS) is 14.8. The van der Waals surface area contributed by atoms with Crippen LogP contribution in [0.15, 0.2) is 53.4 Å². The minimum Gasteiger partial charge on any atom is -0.490 e. The van der Waals surface area contributed by atoms with E-state index in [0.29, 0.717) is 24.7 Å². The molecule has 1 aliphatic rings. The number of nitro groups is 1. The average molecular weight is 490 g/mol. The van der Waals surface area contributed by atoms with Crippen molar-refractivity contribution >= 4 is 27.7 Å². The standard InChI is InChI=1S/C23H27N3O7S/c1-3-32-20-11-9-18(17-21(20)33-4-2)10-12-23(27)24-13-15-25(16-14-24)34(30,31)22-8-6-5-7-19(22)26(28)29/h5-12,17H,3-4,13-16H2,1-2H3/b12-10+. The van der Waals surface area contributed by atoms with Crippen LogP contribution < -0.4 is 9.47 Å². The second kappa shape index (κ2) is 11.1. The number of piperazine rings is 1. The maximum Gasteiger partial charge on any atom is 0.289 e. The summed E-state index contributed by atoms with van der Waals surface area (Å²) in [5.74, 6) is 0.964. The molecule has 0 spiro atoms. The van der Waals surface area contributed by atoms with Gasteiger partial charge in [0.05, 0.1) is 18.1 Å². The summed E-state index contributed by atoms with van der Waals surface area (Å²) >= 11 is 0. The molecule has 1 amide bonds. The fourth-order valence-electron chi connectivity index (χ4n) is 3.56. The van der Waals surface area contributed by atoms with Crippen molar-refractivity contribution in [2.24, 2.45) is 0 Å².